The van der Waals surface area contributed by atoms with E-state index < -0.39 is 46.2 Å². The zero-order valence-corrected chi connectivity index (χ0v) is 25.2. The van der Waals surface area contributed by atoms with Crippen molar-refractivity contribution >= 4 is 35.0 Å². The molecule has 14 heteroatoms. The molecule has 0 saturated heterocycles. The number of ketones is 2. The number of halogens is 1. The average molecular weight is 646 g/mol. The third kappa shape index (κ3) is 3.91. The summed E-state index contributed by atoms with van der Waals surface area (Å²) in [5.74, 6) is -4.11. The topological polar surface area (TPSA) is 190 Å². The Morgan fingerprint density at radius 2 is 1.76 bits per heavy atom. The van der Waals surface area contributed by atoms with Gasteiger partial charge >= 0.3 is 11.7 Å². The van der Waals surface area contributed by atoms with Gasteiger partial charge in [0.05, 0.1) is 31.3 Å². The van der Waals surface area contributed by atoms with Crippen molar-refractivity contribution in [1.82, 2.24) is 9.97 Å². The van der Waals surface area contributed by atoms with Crippen LogP contribution >= 0.6 is 11.6 Å². The number of allylic oxidation sites excluding steroid dienone is 1. The monoisotopic (exact) mass is 645 g/mol. The molecule has 3 aliphatic rings. The number of ether oxygens (including phenoxy) is 3. The number of carboxylic acids is 1. The number of Topliss-reactive ketones (excluding diaryl/α,β-unsaturated/α-hetero) is 2. The number of benzene rings is 2. The highest BCUT2D eigenvalue weighted by atomic mass is 35.5. The van der Waals surface area contributed by atoms with Gasteiger partial charge in [-0.3, -0.25) is 24.4 Å². The van der Waals surface area contributed by atoms with Crippen molar-refractivity contribution in [3.63, 3.8) is 0 Å². The second-order valence-electron chi connectivity index (χ2n) is 11.1. The minimum Gasteiger partial charge on any atom is -0.496 e. The number of rotatable bonds is 5. The van der Waals surface area contributed by atoms with Crippen molar-refractivity contribution in [2.45, 2.75) is 24.9 Å². The molecule has 2 aliphatic heterocycles. The lowest BCUT2D eigenvalue weighted by Gasteiger charge is -2.41. The quantitative estimate of drug-likeness (QED) is 0.228. The normalized spacial score (nSPS) is 21.3. The molecule has 3 atom stereocenters. The summed E-state index contributed by atoms with van der Waals surface area (Å²) in [6.45, 7) is 1.67. The second kappa shape index (κ2) is 10.2. The molecule has 0 saturated carbocycles. The number of fused-ring (bicyclic) bond motifs is 2. The van der Waals surface area contributed by atoms with E-state index in [2.05, 4.69) is 15.3 Å². The maximum absolute atomic E-state index is 14.9. The van der Waals surface area contributed by atoms with Crippen LogP contribution in [0.5, 0.6) is 17.2 Å². The SMILES string of the molecule is COc1cc(OC)c2c(c1Cl)O[C@@]1(C(=O)C3=C(C[C@H]1C)Nc1[nH]c(=O)[nH]c(=O)c1C3c1ccc(-c3ccccc3C(=O)O)o1)C2=O. The van der Waals surface area contributed by atoms with Gasteiger partial charge in [0.1, 0.15) is 39.4 Å². The summed E-state index contributed by atoms with van der Waals surface area (Å²) in [6.07, 6.45) is 0.0814. The van der Waals surface area contributed by atoms with Crippen LogP contribution in [-0.4, -0.2) is 52.4 Å². The number of hydrogen-bond donors (Lipinski definition) is 4. The van der Waals surface area contributed by atoms with Crippen LogP contribution in [0.1, 0.15) is 51.3 Å². The van der Waals surface area contributed by atoms with E-state index in [0.29, 0.717) is 5.70 Å². The van der Waals surface area contributed by atoms with Gasteiger partial charge < -0.3 is 29.1 Å². The number of aromatic amines is 2. The largest absolute Gasteiger partial charge is 0.496 e. The van der Waals surface area contributed by atoms with E-state index in [-0.39, 0.29) is 73.9 Å². The van der Waals surface area contributed by atoms with Gasteiger partial charge in [-0.05, 0) is 24.6 Å². The van der Waals surface area contributed by atoms with Crippen LogP contribution in [0.4, 0.5) is 5.82 Å². The van der Waals surface area contributed by atoms with E-state index in [9.17, 15) is 29.1 Å². The van der Waals surface area contributed by atoms with Crippen LogP contribution in [0.3, 0.4) is 0 Å². The molecule has 1 spiro atoms. The molecule has 7 rings (SSSR count). The van der Waals surface area contributed by atoms with E-state index in [1.54, 1.807) is 25.1 Å². The van der Waals surface area contributed by atoms with Gasteiger partial charge in [0.2, 0.25) is 17.2 Å². The Morgan fingerprint density at radius 1 is 1.02 bits per heavy atom. The molecule has 2 aromatic heterocycles. The molecular weight excluding hydrogens is 622 g/mol. The fraction of sp³-hybridized carbons (Fsp3) is 0.219. The summed E-state index contributed by atoms with van der Waals surface area (Å²) in [6, 6.07) is 10.7. The predicted molar refractivity (Wildman–Crippen MR) is 162 cm³/mol. The summed E-state index contributed by atoms with van der Waals surface area (Å²) in [5.41, 5.74) is -3.17. The third-order valence-corrected chi connectivity index (χ3v) is 9.05. The summed E-state index contributed by atoms with van der Waals surface area (Å²) in [5, 5.41) is 12.7. The van der Waals surface area contributed by atoms with Crippen LogP contribution < -0.4 is 30.8 Å². The van der Waals surface area contributed by atoms with E-state index in [4.69, 9.17) is 30.2 Å². The minimum atomic E-state index is -2.10. The van der Waals surface area contributed by atoms with Gasteiger partial charge in [-0.25, -0.2) is 9.59 Å². The Kier molecular flexibility index (Phi) is 6.49. The summed E-state index contributed by atoms with van der Waals surface area (Å²) in [4.78, 5) is 71.6. The molecule has 234 valence electrons. The Morgan fingerprint density at radius 3 is 2.48 bits per heavy atom. The van der Waals surface area contributed by atoms with Gasteiger partial charge in [0.25, 0.3) is 5.56 Å². The molecular formula is C32H24ClN3O10. The number of furan rings is 1. The Balaban J connectivity index is 1.43. The molecule has 0 fully saturated rings. The van der Waals surface area contributed by atoms with Gasteiger partial charge in [-0.15, -0.1) is 0 Å². The van der Waals surface area contributed by atoms with Gasteiger partial charge in [-0.1, -0.05) is 36.7 Å². The van der Waals surface area contributed by atoms with Gasteiger partial charge in [0.15, 0.2) is 5.75 Å². The maximum atomic E-state index is 14.9. The van der Waals surface area contributed by atoms with Crippen molar-refractivity contribution < 1.29 is 38.1 Å². The molecule has 4 heterocycles. The Labute approximate surface area is 263 Å². The first-order valence-corrected chi connectivity index (χ1v) is 14.4. The fourth-order valence-corrected chi connectivity index (χ4v) is 6.87. The van der Waals surface area contributed by atoms with Crippen LogP contribution in [0.15, 0.2) is 67.7 Å². The standard InChI is InChI=1S/C32H24ClN3O10/c1-12-10-15-20(26(37)32(12)27(38)22-18(43-2)11-19(44-3)24(33)25(22)46-32)21(23-28(34-15)35-31(42)36-29(23)39)17-9-8-16(45-17)13-6-4-5-7-14(13)30(40)41/h4-9,11-12,21H,10H2,1-3H3,(H,40,41)(H3,34,35,36,39,42)/t12-,21?,32+/m1/s1. The van der Waals surface area contributed by atoms with Crippen molar-refractivity contribution in [1.29, 1.82) is 0 Å². The molecule has 2 aromatic carbocycles. The van der Waals surface area contributed by atoms with Crippen LogP contribution in [0.25, 0.3) is 11.3 Å². The highest BCUT2D eigenvalue weighted by Gasteiger charge is 2.64. The zero-order chi connectivity index (χ0) is 32.7. The van der Waals surface area contributed by atoms with E-state index in [1.165, 1.54) is 38.5 Å². The van der Waals surface area contributed by atoms with Crippen molar-refractivity contribution in [2.24, 2.45) is 5.92 Å². The van der Waals surface area contributed by atoms with Crippen molar-refractivity contribution in [3.05, 3.63) is 102 Å². The molecule has 0 bridgehead atoms. The number of methoxy groups -OCH3 is 2. The predicted octanol–water partition coefficient (Wildman–Crippen LogP) is 4.13. The molecule has 0 radical (unpaired) electrons. The average Bonchev–Trinajstić information content (AvgIpc) is 3.64. The summed E-state index contributed by atoms with van der Waals surface area (Å²) in [7, 11) is 2.74. The number of aromatic nitrogens is 2. The molecule has 1 unspecified atom stereocenters. The molecule has 4 aromatic rings. The molecule has 46 heavy (non-hydrogen) atoms. The maximum Gasteiger partial charge on any atom is 0.336 e. The van der Waals surface area contributed by atoms with Crippen LogP contribution in [0.2, 0.25) is 5.02 Å². The Hall–Kier alpha value is -5.56. The number of carbonyl (C=O) groups excluding carboxylic acids is 2. The first-order valence-electron chi connectivity index (χ1n) is 14.0. The Bertz CT molecular complexity index is 2180. The number of nitrogens with one attached hydrogen (secondary N) is 3. The number of aromatic carboxylic acids is 1. The highest BCUT2D eigenvalue weighted by molar-refractivity contribution is 6.36. The number of carbonyl (C=O) groups is 3. The smallest absolute Gasteiger partial charge is 0.336 e. The molecule has 1 aliphatic carbocycles. The number of anilines is 1. The van der Waals surface area contributed by atoms with Crippen molar-refractivity contribution in [3.8, 4) is 28.6 Å². The first-order chi connectivity index (χ1) is 22.0. The van der Waals surface area contributed by atoms with Gasteiger partial charge in [-0.2, -0.15) is 0 Å². The number of H-pyrrole nitrogens is 2. The van der Waals surface area contributed by atoms with E-state index in [0.717, 1.165) is 0 Å². The minimum absolute atomic E-state index is 0.00113. The lowest BCUT2D eigenvalue weighted by molar-refractivity contribution is -0.130. The van der Waals surface area contributed by atoms with E-state index in [1.807, 2.05) is 0 Å². The van der Waals surface area contributed by atoms with Crippen molar-refractivity contribution in [2.75, 3.05) is 19.5 Å². The van der Waals surface area contributed by atoms with E-state index >= 15 is 0 Å². The first kappa shape index (κ1) is 29.2. The lowest BCUT2D eigenvalue weighted by Crippen LogP contribution is -2.58. The summed E-state index contributed by atoms with van der Waals surface area (Å²) < 4.78 is 23.3. The molecule has 4 N–H and O–H groups in total. The molecule has 0 amide bonds. The second-order valence-corrected chi connectivity index (χ2v) is 11.5. The summed E-state index contributed by atoms with van der Waals surface area (Å²) >= 11 is 6.58. The third-order valence-electron chi connectivity index (χ3n) is 8.70. The zero-order valence-electron chi connectivity index (χ0n) is 24.4. The lowest BCUT2D eigenvalue weighted by atomic mass is 9.66. The van der Waals surface area contributed by atoms with Gasteiger partial charge in [0, 0.05) is 28.8 Å². The van der Waals surface area contributed by atoms with Crippen LogP contribution in [0, 0.1) is 5.92 Å². The fourth-order valence-electron chi connectivity index (χ4n) is 6.61. The highest BCUT2D eigenvalue weighted by Crippen LogP contribution is 2.56. The number of carboxylic acid groups (broad SMARTS) is 1. The number of hydrogen-bond acceptors (Lipinski definition) is 10. The van der Waals surface area contributed by atoms with Crippen LogP contribution in [-0.2, 0) is 4.79 Å². The molecule has 13 nitrogen and oxygen atoms in total.